The summed E-state index contributed by atoms with van der Waals surface area (Å²) in [5.41, 5.74) is 5.43. The third-order valence-electron chi connectivity index (χ3n) is 5.11. The van der Waals surface area contributed by atoms with E-state index in [0.29, 0.717) is 17.1 Å². The predicted molar refractivity (Wildman–Crippen MR) is 118 cm³/mol. The highest BCUT2D eigenvalue weighted by atomic mass is 32.2. The predicted octanol–water partition coefficient (Wildman–Crippen LogP) is 5.68. The van der Waals surface area contributed by atoms with Gasteiger partial charge in [-0.15, -0.1) is 0 Å². The number of carbonyl (C=O) groups excluding carboxylic acids is 1. The van der Waals surface area contributed by atoms with Gasteiger partial charge in [-0.25, -0.2) is 9.07 Å². The average molecular weight is 415 g/mol. The SMILES string of the molecule is O=C(Nc1c2c(nn1-c1ccc(F)cc1)CSC2)c1ccc(-c2ccccc2)cc1. The second kappa shape index (κ2) is 7.80. The maximum absolute atomic E-state index is 13.3. The molecular weight excluding hydrogens is 397 g/mol. The molecule has 1 aliphatic heterocycles. The molecule has 0 fully saturated rings. The monoisotopic (exact) mass is 415 g/mol. The van der Waals surface area contributed by atoms with Crippen LogP contribution in [0.3, 0.4) is 0 Å². The first kappa shape index (κ1) is 18.6. The zero-order valence-corrected chi connectivity index (χ0v) is 16.8. The maximum Gasteiger partial charge on any atom is 0.256 e. The van der Waals surface area contributed by atoms with E-state index in [9.17, 15) is 9.18 Å². The number of fused-ring (bicyclic) bond motifs is 1. The van der Waals surface area contributed by atoms with Crippen LogP contribution in [0.4, 0.5) is 10.2 Å². The summed E-state index contributed by atoms with van der Waals surface area (Å²) in [6, 6.07) is 23.7. The van der Waals surface area contributed by atoms with Crippen molar-refractivity contribution in [2.45, 2.75) is 11.5 Å². The topological polar surface area (TPSA) is 46.9 Å². The minimum absolute atomic E-state index is 0.197. The molecule has 0 saturated carbocycles. The Bertz CT molecular complexity index is 1200. The van der Waals surface area contributed by atoms with E-state index in [2.05, 4.69) is 10.4 Å². The van der Waals surface area contributed by atoms with E-state index >= 15 is 0 Å². The number of hydrogen-bond acceptors (Lipinski definition) is 3. The molecule has 2 heterocycles. The molecule has 30 heavy (non-hydrogen) atoms. The summed E-state index contributed by atoms with van der Waals surface area (Å²) in [5.74, 6) is 1.74. The number of amides is 1. The maximum atomic E-state index is 13.3. The summed E-state index contributed by atoms with van der Waals surface area (Å²) in [6.07, 6.45) is 0. The molecule has 0 bridgehead atoms. The van der Waals surface area contributed by atoms with Crippen molar-refractivity contribution in [3.05, 3.63) is 102 Å². The van der Waals surface area contributed by atoms with Crippen LogP contribution in [0, 0.1) is 5.82 Å². The smallest absolute Gasteiger partial charge is 0.256 e. The number of nitrogens with one attached hydrogen (secondary N) is 1. The van der Waals surface area contributed by atoms with Gasteiger partial charge in [-0.05, 0) is 47.5 Å². The van der Waals surface area contributed by atoms with Gasteiger partial charge in [0.2, 0.25) is 0 Å². The lowest BCUT2D eigenvalue weighted by Gasteiger charge is -2.11. The van der Waals surface area contributed by atoms with Crippen molar-refractivity contribution < 1.29 is 9.18 Å². The first-order chi connectivity index (χ1) is 14.7. The normalized spacial score (nSPS) is 12.6. The molecule has 1 amide bonds. The Morgan fingerprint density at radius 1 is 0.900 bits per heavy atom. The Balaban J connectivity index is 1.44. The van der Waals surface area contributed by atoms with E-state index in [1.807, 2.05) is 54.6 Å². The van der Waals surface area contributed by atoms with Gasteiger partial charge >= 0.3 is 0 Å². The molecule has 0 saturated heterocycles. The molecule has 3 aromatic carbocycles. The zero-order valence-electron chi connectivity index (χ0n) is 16.0. The molecule has 4 aromatic rings. The van der Waals surface area contributed by atoms with E-state index in [1.165, 1.54) is 12.1 Å². The lowest BCUT2D eigenvalue weighted by molar-refractivity contribution is 0.102. The molecule has 0 spiro atoms. The average Bonchev–Trinajstić information content (AvgIpc) is 3.38. The summed E-state index contributed by atoms with van der Waals surface area (Å²) < 4.78 is 15.0. The van der Waals surface area contributed by atoms with Gasteiger partial charge in [-0.2, -0.15) is 16.9 Å². The quantitative estimate of drug-likeness (QED) is 0.467. The summed E-state index contributed by atoms with van der Waals surface area (Å²) in [6.45, 7) is 0. The first-order valence-corrected chi connectivity index (χ1v) is 10.8. The van der Waals surface area contributed by atoms with Crippen molar-refractivity contribution >= 4 is 23.5 Å². The minimum Gasteiger partial charge on any atom is -0.306 e. The second-order valence-electron chi connectivity index (χ2n) is 7.05. The van der Waals surface area contributed by atoms with Gasteiger partial charge in [-0.3, -0.25) is 4.79 Å². The van der Waals surface area contributed by atoms with Crippen LogP contribution in [0.15, 0.2) is 78.9 Å². The Morgan fingerprint density at radius 2 is 1.60 bits per heavy atom. The summed E-state index contributed by atoms with van der Waals surface area (Å²) in [5, 5.41) is 7.68. The third-order valence-corrected chi connectivity index (χ3v) is 6.08. The van der Waals surface area contributed by atoms with Crippen LogP contribution < -0.4 is 5.32 Å². The number of rotatable bonds is 4. The van der Waals surface area contributed by atoms with E-state index in [-0.39, 0.29) is 11.7 Å². The van der Waals surface area contributed by atoms with Gasteiger partial charge in [0.15, 0.2) is 0 Å². The summed E-state index contributed by atoms with van der Waals surface area (Å²) in [7, 11) is 0. The molecule has 1 N–H and O–H groups in total. The number of aromatic nitrogens is 2. The highest BCUT2D eigenvalue weighted by Crippen LogP contribution is 2.36. The highest BCUT2D eigenvalue weighted by molar-refractivity contribution is 7.98. The van der Waals surface area contributed by atoms with Crippen LogP contribution >= 0.6 is 11.8 Å². The molecule has 0 aliphatic carbocycles. The largest absolute Gasteiger partial charge is 0.306 e. The lowest BCUT2D eigenvalue weighted by Crippen LogP contribution is -2.16. The fourth-order valence-electron chi connectivity index (χ4n) is 3.53. The van der Waals surface area contributed by atoms with Gasteiger partial charge in [-0.1, -0.05) is 42.5 Å². The van der Waals surface area contributed by atoms with Gasteiger partial charge in [0.25, 0.3) is 5.91 Å². The molecule has 0 radical (unpaired) electrons. The molecule has 1 aliphatic rings. The first-order valence-electron chi connectivity index (χ1n) is 9.60. The number of carbonyl (C=O) groups is 1. The van der Waals surface area contributed by atoms with Crippen molar-refractivity contribution in [1.29, 1.82) is 0 Å². The molecule has 5 rings (SSSR count). The molecule has 0 unspecified atom stereocenters. The van der Waals surface area contributed by atoms with E-state index in [0.717, 1.165) is 33.9 Å². The van der Waals surface area contributed by atoms with Crippen molar-refractivity contribution in [1.82, 2.24) is 9.78 Å². The van der Waals surface area contributed by atoms with Crippen LogP contribution in [0.5, 0.6) is 0 Å². The van der Waals surface area contributed by atoms with E-state index in [1.54, 1.807) is 28.6 Å². The number of anilines is 1. The van der Waals surface area contributed by atoms with Crippen molar-refractivity contribution in [3.8, 4) is 16.8 Å². The standard InChI is InChI=1S/C24H18FN3OS/c25-19-10-12-20(13-11-19)28-23(21-14-30-15-22(21)27-28)26-24(29)18-8-6-17(7-9-18)16-4-2-1-3-5-16/h1-13H,14-15H2,(H,26,29). The third kappa shape index (κ3) is 3.50. The summed E-state index contributed by atoms with van der Waals surface area (Å²) in [4.78, 5) is 13.0. The molecule has 4 nitrogen and oxygen atoms in total. The van der Waals surface area contributed by atoms with Crippen LogP contribution in [0.25, 0.3) is 16.8 Å². The number of benzene rings is 3. The van der Waals surface area contributed by atoms with Crippen molar-refractivity contribution in [2.24, 2.45) is 0 Å². The fraction of sp³-hybridized carbons (Fsp3) is 0.0833. The van der Waals surface area contributed by atoms with E-state index in [4.69, 9.17) is 0 Å². The van der Waals surface area contributed by atoms with Crippen molar-refractivity contribution in [3.63, 3.8) is 0 Å². The van der Waals surface area contributed by atoms with Gasteiger partial charge in [0.05, 0.1) is 11.4 Å². The molecule has 148 valence electrons. The van der Waals surface area contributed by atoms with Crippen LogP contribution in [-0.2, 0) is 11.5 Å². The number of halogens is 1. The lowest BCUT2D eigenvalue weighted by atomic mass is 10.0. The zero-order chi connectivity index (χ0) is 20.5. The Morgan fingerprint density at radius 3 is 2.33 bits per heavy atom. The van der Waals surface area contributed by atoms with Gasteiger partial charge in [0, 0.05) is 22.6 Å². The highest BCUT2D eigenvalue weighted by Gasteiger charge is 2.25. The second-order valence-corrected chi connectivity index (χ2v) is 8.04. The molecule has 0 atom stereocenters. The Labute approximate surface area is 177 Å². The van der Waals surface area contributed by atoms with Crippen LogP contribution in [0.1, 0.15) is 21.6 Å². The molecule has 1 aromatic heterocycles. The van der Waals surface area contributed by atoms with Gasteiger partial charge in [0.1, 0.15) is 11.6 Å². The number of hydrogen-bond donors (Lipinski definition) is 1. The molecular formula is C24H18FN3OS. The van der Waals surface area contributed by atoms with Crippen LogP contribution in [-0.4, -0.2) is 15.7 Å². The fourth-order valence-corrected chi connectivity index (χ4v) is 4.57. The number of thioether (sulfide) groups is 1. The number of nitrogens with zero attached hydrogens (tertiary/aromatic N) is 2. The minimum atomic E-state index is -0.307. The van der Waals surface area contributed by atoms with Crippen molar-refractivity contribution in [2.75, 3.05) is 5.32 Å². The van der Waals surface area contributed by atoms with Gasteiger partial charge < -0.3 is 5.32 Å². The Hall–Kier alpha value is -3.38. The van der Waals surface area contributed by atoms with E-state index < -0.39 is 0 Å². The molecule has 6 heteroatoms. The Kier molecular flexibility index (Phi) is 4.85. The van der Waals surface area contributed by atoms with Crippen LogP contribution in [0.2, 0.25) is 0 Å². The summed E-state index contributed by atoms with van der Waals surface area (Å²) >= 11 is 1.77.